The summed E-state index contributed by atoms with van der Waals surface area (Å²) < 4.78 is 0. The monoisotopic (exact) mass is 432 g/mol. The molecule has 0 aliphatic heterocycles. The summed E-state index contributed by atoms with van der Waals surface area (Å²) in [5, 5.41) is 9.76. The molecule has 0 spiro atoms. The quantitative estimate of drug-likeness (QED) is 0.391. The Bertz CT molecular complexity index is 1430. The first kappa shape index (κ1) is 22.3. The van der Waals surface area contributed by atoms with E-state index in [1.807, 2.05) is 91.0 Å². The fraction of sp³-hybridized carbons (Fsp3) is 0.0303. The molecule has 34 heavy (non-hydrogen) atoms. The molecule has 0 saturated heterocycles. The predicted octanol–water partition coefficient (Wildman–Crippen LogP) is 5.55. The van der Waals surface area contributed by atoms with Crippen LogP contribution in [0.4, 0.5) is 0 Å². The van der Waals surface area contributed by atoms with Crippen molar-refractivity contribution in [2.24, 2.45) is 0 Å². The van der Waals surface area contributed by atoms with Crippen LogP contribution in [0, 0.1) is 47.9 Å². The Kier molecular flexibility index (Phi) is 7.27. The fourth-order valence-corrected chi connectivity index (χ4v) is 3.17. The van der Waals surface area contributed by atoms with Crippen molar-refractivity contribution in [3.63, 3.8) is 0 Å². The van der Waals surface area contributed by atoms with Crippen molar-refractivity contribution in [2.45, 2.75) is 6.10 Å². The first-order chi connectivity index (χ1) is 16.7. The lowest BCUT2D eigenvalue weighted by atomic mass is 10.0. The highest BCUT2D eigenvalue weighted by molar-refractivity contribution is 5.55. The minimum absolute atomic E-state index is 0.671. The summed E-state index contributed by atoms with van der Waals surface area (Å²) >= 11 is 0. The summed E-state index contributed by atoms with van der Waals surface area (Å²) in [5.41, 5.74) is 5.91. The number of benzene rings is 4. The van der Waals surface area contributed by atoms with E-state index in [0.29, 0.717) is 5.56 Å². The van der Waals surface area contributed by atoms with E-state index < -0.39 is 6.10 Å². The molecule has 1 heteroatoms. The lowest BCUT2D eigenvalue weighted by Crippen LogP contribution is -1.92. The Morgan fingerprint density at radius 1 is 0.471 bits per heavy atom. The van der Waals surface area contributed by atoms with E-state index in [1.165, 1.54) is 0 Å². The minimum atomic E-state index is -0.910. The number of aliphatic hydroxyl groups is 1. The van der Waals surface area contributed by atoms with E-state index in [4.69, 9.17) is 6.42 Å². The van der Waals surface area contributed by atoms with Gasteiger partial charge in [-0.25, -0.2) is 0 Å². The van der Waals surface area contributed by atoms with Crippen LogP contribution < -0.4 is 0 Å². The summed E-state index contributed by atoms with van der Waals surface area (Å²) in [6.07, 6.45) is 4.37. The van der Waals surface area contributed by atoms with Crippen LogP contribution >= 0.6 is 0 Å². The molecule has 0 aromatic heterocycles. The van der Waals surface area contributed by atoms with Gasteiger partial charge in [0.1, 0.15) is 6.10 Å². The van der Waals surface area contributed by atoms with Crippen LogP contribution in [0.5, 0.6) is 0 Å². The molecule has 1 N–H and O–H groups in total. The van der Waals surface area contributed by atoms with Crippen molar-refractivity contribution >= 4 is 0 Å². The van der Waals surface area contributed by atoms with Crippen molar-refractivity contribution in [1.82, 2.24) is 0 Å². The molecule has 0 bridgehead atoms. The third-order valence-electron chi connectivity index (χ3n) is 4.92. The van der Waals surface area contributed by atoms with Gasteiger partial charge in [0, 0.05) is 33.4 Å². The zero-order valence-electron chi connectivity index (χ0n) is 18.4. The molecule has 0 fully saturated rings. The molecule has 0 saturated carbocycles. The van der Waals surface area contributed by atoms with E-state index in [2.05, 4.69) is 41.4 Å². The highest BCUT2D eigenvalue weighted by Gasteiger charge is 2.02. The number of hydrogen-bond donors (Lipinski definition) is 1. The molecule has 0 radical (unpaired) electrons. The van der Waals surface area contributed by atoms with Crippen molar-refractivity contribution in [3.05, 3.63) is 142 Å². The Labute approximate surface area is 201 Å². The van der Waals surface area contributed by atoms with Gasteiger partial charge in [0.2, 0.25) is 0 Å². The fourth-order valence-electron chi connectivity index (χ4n) is 3.17. The second kappa shape index (κ2) is 11.1. The Morgan fingerprint density at radius 3 is 1.21 bits per heavy atom. The Balaban J connectivity index is 1.68. The van der Waals surface area contributed by atoms with Crippen LogP contribution in [-0.4, -0.2) is 5.11 Å². The first-order valence-corrected chi connectivity index (χ1v) is 10.7. The average molecular weight is 433 g/mol. The molecule has 4 rings (SSSR count). The van der Waals surface area contributed by atoms with E-state index in [-0.39, 0.29) is 0 Å². The number of hydrogen-bond acceptors (Lipinski definition) is 1. The van der Waals surface area contributed by atoms with Crippen LogP contribution in [0.2, 0.25) is 0 Å². The maximum absolute atomic E-state index is 9.76. The molecule has 158 valence electrons. The van der Waals surface area contributed by atoms with E-state index in [0.717, 1.165) is 33.4 Å². The maximum Gasteiger partial charge on any atom is 0.139 e. The number of terminal acetylenes is 1. The molecule has 1 atom stereocenters. The van der Waals surface area contributed by atoms with Gasteiger partial charge < -0.3 is 5.11 Å². The van der Waals surface area contributed by atoms with Gasteiger partial charge in [-0.3, -0.25) is 0 Å². The van der Waals surface area contributed by atoms with E-state index >= 15 is 0 Å². The summed E-state index contributed by atoms with van der Waals surface area (Å²) in [7, 11) is 0. The third-order valence-corrected chi connectivity index (χ3v) is 4.92. The summed E-state index contributed by atoms with van der Waals surface area (Å²) in [5.74, 6) is 21.6. The first-order valence-electron chi connectivity index (χ1n) is 10.7. The second-order valence-corrected chi connectivity index (χ2v) is 7.47. The summed E-state index contributed by atoms with van der Waals surface area (Å²) in [6.45, 7) is 0. The van der Waals surface area contributed by atoms with E-state index in [1.54, 1.807) is 12.1 Å². The van der Waals surface area contributed by atoms with Crippen LogP contribution in [0.25, 0.3) is 0 Å². The SMILES string of the molecule is C#C[C@@H](O)c1ccc(C#Cc2cc(C#Cc3ccccc3)cc(C#Cc3ccccc3)c2)cc1. The van der Waals surface area contributed by atoms with Gasteiger partial charge in [0.25, 0.3) is 0 Å². The zero-order chi connectivity index (χ0) is 23.6. The smallest absolute Gasteiger partial charge is 0.139 e. The van der Waals surface area contributed by atoms with Gasteiger partial charge in [-0.15, -0.1) is 6.42 Å². The van der Waals surface area contributed by atoms with Crippen molar-refractivity contribution in [2.75, 3.05) is 0 Å². The summed E-state index contributed by atoms with van der Waals surface area (Å²) in [4.78, 5) is 0. The molecule has 0 amide bonds. The normalized spacial score (nSPS) is 10.2. The summed E-state index contributed by atoms with van der Waals surface area (Å²) in [6, 6.07) is 32.9. The largest absolute Gasteiger partial charge is 0.376 e. The molecule has 4 aromatic rings. The van der Waals surface area contributed by atoms with Crippen LogP contribution in [0.1, 0.15) is 45.0 Å². The molecular formula is C33H20O. The van der Waals surface area contributed by atoms with Gasteiger partial charge in [-0.05, 0) is 60.2 Å². The van der Waals surface area contributed by atoms with Gasteiger partial charge >= 0.3 is 0 Å². The number of rotatable bonds is 1. The van der Waals surface area contributed by atoms with Crippen molar-refractivity contribution < 1.29 is 5.11 Å². The minimum Gasteiger partial charge on any atom is -0.376 e. The predicted molar refractivity (Wildman–Crippen MR) is 138 cm³/mol. The third kappa shape index (κ3) is 6.30. The molecule has 0 aliphatic rings. The van der Waals surface area contributed by atoms with Gasteiger partial charge in [0.15, 0.2) is 0 Å². The highest BCUT2D eigenvalue weighted by atomic mass is 16.3. The number of aliphatic hydroxyl groups excluding tert-OH is 1. The second-order valence-electron chi connectivity index (χ2n) is 7.47. The van der Waals surface area contributed by atoms with Crippen LogP contribution in [0.3, 0.4) is 0 Å². The zero-order valence-corrected chi connectivity index (χ0v) is 18.4. The molecule has 1 nitrogen and oxygen atoms in total. The van der Waals surface area contributed by atoms with Gasteiger partial charge in [0.05, 0.1) is 0 Å². The maximum atomic E-state index is 9.76. The lowest BCUT2D eigenvalue weighted by Gasteiger charge is -2.02. The Hall–Kier alpha value is -4.92. The average Bonchev–Trinajstić information content (AvgIpc) is 2.90. The molecule has 0 aliphatic carbocycles. The molecule has 0 heterocycles. The highest BCUT2D eigenvalue weighted by Crippen LogP contribution is 2.13. The van der Waals surface area contributed by atoms with E-state index in [9.17, 15) is 5.11 Å². The topological polar surface area (TPSA) is 20.2 Å². The molecule has 4 aromatic carbocycles. The van der Waals surface area contributed by atoms with Gasteiger partial charge in [-0.2, -0.15) is 0 Å². The van der Waals surface area contributed by atoms with Crippen LogP contribution in [0.15, 0.2) is 103 Å². The van der Waals surface area contributed by atoms with Crippen molar-refractivity contribution in [1.29, 1.82) is 0 Å². The van der Waals surface area contributed by atoms with Gasteiger partial charge in [-0.1, -0.05) is 90.0 Å². The lowest BCUT2D eigenvalue weighted by molar-refractivity contribution is 0.238. The standard InChI is InChI=1S/C33H20O/c1-2-33(34)32-21-19-28(20-22-32)15-18-31-24-29(16-13-26-9-5-3-6-10-26)23-30(25-31)17-14-27-11-7-4-8-12-27/h1,3-12,19-25,33-34H/t33-/m1/s1. The Morgan fingerprint density at radius 2 is 0.824 bits per heavy atom. The molecular weight excluding hydrogens is 412 g/mol. The molecule has 0 unspecified atom stereocenters. The van der Waals surface area contributed by atoms with Crippen LogP contribution in [-0.2, 0) is 0 Å². The van der Waals surface area contributed by atoms with Crippen molar-refractivity contribution in [3.8, 4) is 47.9 Å².